The summed E-state index contributed by atoms with van der Waals surface area (Å²) in [6.45, 7) is 5.66. The van der Waals surface area contributed by atoms with E-state index in [0.29, 0.717) is 0 Å². The number of amides is 1. The average Bonchev–Trinajstić information content (AvgIpc) is 2.35. The molecule has 0 aliphatic rings. The van der Waals surface area contributed by atoms with E-state index in [4.69, 9.17) is 0 Å². The Morgan fingerprint density at radius 2 is 1.84 bits per heavy atom. The van der Waals surface area contributed by atoms with Crippen molar-refractivity contribution in [3.05, 3.63) is 35.4 Å². The third-order valence-corrected chi connectivity index (χ3v) is 3.03. The van der Waals surface area contributed by atoms with Crippen molar-refractivity contribution in [2.24, 2.45) is 0 Å². The molecule has 0 aliphatic carbocycles. The van der Waals surface area contributed by atoms with E-state index in [9.17, 15) is 13.6 Å². The van der Waals surface area contributed by atoms with E-state index in [0.717, 1.165) is 6.42 Å². The first-order valence-corrected chi connectivity index (χ1v) is 6.42. The zero-order valence-electron chi connectivity index (χ0n) is 11.5. The predicted molar refractivity (Wildman–Crippen MR) is 70.7 cm³/mol. The number of hydrogen-bond donors (Lipinski definition) is 2. The molecule has 2 atom stereocenters. The number of nitrogens with one attached hydrogen (secondary N) is 2. The van der Waals surface area contributed by atoms with Crippen LogP contribution < -0.4 is 10.6 Å². The maximum Gasteiger partial charge on any atom is 0.234 e. The van der Waals surface area contributed by atoms with E-state index in [2.05, 4.69) is 10.6 Å². The maximum absolute atomic E-state index is 13.5. The van der Waals surface area contributed by atoms with Gasteiger partial charge in [-0.15, -0.1) is 0 Å². The lowest BCUT2D eigenvalue weighted by Crippen LogP contribution is -2.39. The second kappa shape index (κ2) is 7.19. The smallest absolute Gasteiger partial charge is 0.234 e. The van der Waals surface area contributed by atoms with Crippen molar-refractivity contribution < 1.29 is 13.6 Å². The van der Waals surface area contributed by atoms with Gasteiger partial charge in [0.2, 0.25) is 5.91 Å². The van der Waals surface area contributed by atoms with Crippen molar-refractivity contribution >= 4 is 5.91 Å². The molecule has 0 saturated carbocycles. The fourth-order valence-corrected chi connectivity index (χ4v) is 1.70. The summed E-state index contributed by atoms with van der Waals surface area (Å²) in [7, 11) is 0. The Morgan fingerprint density at radius 3 is 2.37 bits per heavy atom. The molecule has 5 heteroatoms. The van der Waals surface area contributed by atoms with Crippen molar-refractivity contribution in [2.45, 2.75) is 39.3 Å². The monoisotopic (exact) mass is 270 g/mol. The fraction of sp³-hybridized carbons (Fsp3) is 0.500. The summed E-state index contributed by atoms with van der Waals surface area (Å²) in [5.74, 6) is -1.58. The Kier molecular flexibility index (Phi) is 5.89. The highest BCUT2D eigenvalue weighted by molar-refractivity contribution is 5.78. The summed E-state index contributed by atoms with van der Waals surface area (Å²) < 4.78 is 27.0. The summed E-state index contributed by atoms with van der Waals surface area (Å²) in [5, 5.41) is 5.59. The maximum atomic E-state index is 13.5. The predicted octanol–water partition coefficient (Wildman–Crippen LogP) is 2.53. The second-order valence-corrected chi connectivity index (χ2v) is 4.61. The van der Waals surface area contributed by atoms with E-state index in [1.165, 1.54) is 18.2 Å². The molecule has 0 spiro atoms. The molecule has 0 aromatic heterocycles. The van der Waals surface area contributed by atoms with Crippen LogP contribution in [0.5, 0.6) is 0 Å². The van der Waals surface area contributed by atoms with Crippen LogP contribution in [0.25, 0.3) is 0 Å². The van der Waals surface area contributed by atoms with Crippen molar-refractivity contribution in [2.75, 3.05) is 6.54 Å². The third kappa shape index (κ3) is 4.59. The van der Waals surface area contributed by atoms with Crippen LogP contribution in [0.1, 0.15) is 38.8 Å². The van der Waals surface area contributed by atoms with Crippen LogP contribution in [0.4, 0.5) is 8.78 Å². The molecule has 1 amide bonds. The minimum absolute atomic E-state index is 0.112. The molecule has 0 bridgehead atoms. The molecule has 19 heavy (non-hydrogen) atoms. The van der Waals surface area contributed by atoms with Crippen molar-refractivity contribution in [1.29, 1.82) is 0 Å². The SMILES string of the molecule is CCC(C)NCC(=O)NC(C)c1c(F)cccc1F. The molecule has 0 aliphatic heterocycles. The number of rotatable bonds is 6. The summed E-state index contributed by atoms with van der Waals surface area (Å²) in [6, 6.07) is 3.18. The molecule has 3 nitrogen and oxygen atoms in total. The molecule has 2 unspecified atom stereocenters. The first kappa shape index (κ1) is 15.6. The molecule has 2 N–H and O–H groups in total. The number of hydrogen-bond acceptors (Lipinski definition) is 2. The van der Waals surface area contributed by atoms with Crippen molar-refractivity contribution in [1.82, 2.24) is 10.6 Å². The molecular weight excluding hydrogens is 250 g/mol. The summed E-state index contributed by atoms with van der Waals surface area (Å²) in [4.78, 5) is 11.7. The Labute approximate surface area is 112 Å². The van der Waals surface area contributed by atoms with Crippen LogP contribution in [0, 0.1) is 11.6 Å². The Morgan fingerprint density at radius 1 is 1.26 bits per heavy atom. The van der Waals surface area contributed by atoms with E-state index in [1.807, 2.05) is 13.8 Å². The van der Waals surface area contributed by atoms with E-state index >= 15 is 0 Å². The van der Waals surface area contributed by atoms with Gasteiger partial charge in [-0.1, -0.05) is 13.0 Å². The van der Waals surface area contributed by atoms with Gasteiger partial charge in [0, 0.05) is 11.6 Å². The van der Waals surface area contributed by atoms with Crippen LogP contribution in [-0.4, -0.2) is 18.5 Å². The first-order valence-electron chi connectivity index (χ1n) is 6.42. The Hall–Kier alpha value is -1.49. The molecule has 1 aromatic carbocycles. The van der Waals surface area contributed by atoms with Gasteiger partial charge in [0.1, 0.15) is 11.6 Å². The van der Waals surface area contributed by atoms with E-state index < -0.39 is 17.7 Å². The van der Waals surface area contributed by atoms with Gasteiger partial charge in [-0.3, -0.25) is 4.79 Å². The second-order valence-electron chi connectivity index (χ2n) is 4.61. The van der Waals surface area contributed by atoms with E-state index in [-0.39, 0.29) is 24.1 Å². The summed E-state index contributed by atoms with van der Waals surface area (Å²) in [6.07, 6.45) is 0.908. The van der Waals surface area contributed by atoms with Gasteiger partial charge in [0.05, 0.1) is 12.6 Å². The average molecular weight is 270 g/mol. The zero-order chi connectivity index (χ0) is 14.4. The first-order chi connectivity index (χ1) is 8.95. The molecule has 0 radical (unpaired) electrons. The Bertz CT molecular complexity index is 417. The topological polar surface area (TPSA) is 41.1 Å². The summed E-state index contributed by atoms with van der Waals surface area (Å²) >= 11 is 0. The zero-order valence-corrected chi connectivity index (χ0v) is 11.5. The highest BCUT2D eigenvalue weighted by Gasteiger charge is 2.17. The van der Waals surface area contributed by atoms with Gasteiger partial charge in [-0.25, -0.2) is 8.78 Å². The van der Waals surface area contributed by atoms with Gasteiger partial charge < -0.3 is 10.6 Å². The van der Waals surface area contributed by atoms with Gasteiger partial charge >= 0.3 is 0 Å². The molecule has 1 aromatic rings. The van der Waals surface area contributed by atoms with Gasteiger partial charge in [0.15, 0.2) is 0 Å². The van der Waals surface area contributed by atoms with Gasteiger partial charge in [-0.2, -0.15) is 0 Å². The molecule has 0 saturated heterocycles. The van der Waals surface area contributed by atoms with Gasteiger partial charge in [-0.05, 0) is 32.4 Å². The standard InChI is InChI=1S/C14H20F2N2O/c1-4-9(2)17-8-13(19)18-10(3)14-11(15)6-5-7-12(14)16/h5-7,9-10,17H,4,8H2,1-3H3,(H,18,19). The lowest BCUT2D eigenvalue weighted by molar-refractivity contribution is -0.121. The van der Waals surface area contributed by atoms with Crippen LogP contribution in [-0.2, 0) is 4.79 Å². The molecular formula is C14H20F2N2O. The number of carbonyl (C=O) groups is 1. The third-order valence-electron chi connectivity index (χ3n) is 3.03. The number of benzene rings is 1. The van der Waals surface area contributed by atoms with Crippen molar-refractivity contribution in [3.8, 4) is 0 Å². The molecule has 0 fully saturated rings. The van der Waals surface area contributed by atoms with Crippen LogP contribution in [0.3, 0.4) is 0 Å². The largest absolute Gasteiger partial charge is 0.348 e. The normalized spacial score (nSPS) is 13.9. The van der Waals surface area contributed by atoms with Crippen molar-refractivity contribution in [3.63, 3.8) is 0 Å². The highest BCUT2D eigenvalue weighted by Crippen LogP contribution is 2.19. The lowest BCUT2D eigenvalue weighted by atomic mass is 10.1. The number of carbonyl (C=O) groups excluding carboxylic acids is 1. The quantitative estimate of drug-likeness (QED) is 0.834. The number of halogens is 2. The molecule has 0 heterocycles. The summed E-state index contributed by atoms with van der Waals surface area (Å²) in [5.41, 5.74) is -0.112. The minimum Gasteiger partial charge on any atom is -0.348 e. The van der Waals surface area contributed by atoms with E-state index in [1.54, 1.807) is 6.92 Å². The van der Waals surface area contributed by atoms with Crippen LogP contribution >= 0.6 is 0 Å². The van der Waals surface area contributed by atoms with Crippen LogP contribution in [0.15, 0.2) is 18.2 Å². The molecule has 1 rings (SSSR count). The fourth-order valence-electron chi connectivity index (χ4n) is 1.70. The van der Waals surface area contributed by atoms with Gasteiger partial charge in [0.25, 0.3) is 0 Å². The Balaban J connectivity index is 2.59. The highest BCUT2D eigenvalue weighted by atomic mass is 19.1. The van der Waals surface area contributed by atoms with Crippen LogP contribution in [0.2, 0.25) is 0 Å². The lowest BCUT2D eigenvalue weighted by Gasteiger charge is -2.17. The minimum atomic E-state index is -0.701. The molecule has 106 valence electrons.